The molecule has 19 heavy (non-hydrogen) atoms. The van der Waals surface area contributed by atoms with Crippen LogP contribution in [-0.2, 0) is 0 Å². The molecule has 0 fully saturated rings. The Morgan fingerprint density at radius 3 is 2.58 bits per heavy atom. The van der Waals surface area contributed by atoms with Crippen molar-refractivity contribution in [3.05, 3.63) is 57.6 Å². The lowest BCUT2D eigenvalue weighted by molar-refractivity contribution is 0.112. The van der Waals surface area contributed by atoms with Crippen LogP contribution >= 0.6 is 15.9 Å². The zero-order valence-electron chi connectivity index (χ0n) is 10.2. The summed E-state index contributed by atoms with van der Waals surface area (Å²) in [5, 5.41) is 9.08. The minimum atomic E-state index is 0.340. The SMILES string of the molecule is Cc1cc(Br)ccc1Oc1ccc(C=O)cc1C#N. The van der Waals surface area contributed by atoms with Gasteiger partial charge in [0, 0.05) is 10.0 Å². The molecule has 0 unspecified atom stereocenters. The van der Waals surface area contributed by atoms with Gasteiger partial charge in [-0.15, -0.1) is 0 Å². The van der Waals surface area contributed by atoms with E-state index in [1.54, 1.807) is 12.1 Å². The maximum atomic E-state index is 10.7. The first-order valence-electron chi connectivity index (χ1n) is 5.57. The van der Waals surface area contributed by atoms with E-state index >= 15 is 0 Å². The lowest BCUT2D eigenvalue weighted by Crippen LogP contribution is -1.92. The van der Waals surface area contributed by atoms with Crippen molar-refractivity contribution in [2.45, 2.75) is 6.92 Å². The highest BCUT2D eigenvalue weighted by Gasteiger charge is 2.08. The lowest BCUT2D eigenvalue weighted by atomic mass is 10.1. The molecular weight excluding hydrogens is 306 g/mol. The molecule has 0 spiro atoms. The molecule has 0 radical (unpaired) electrons. The highest BCUT2D eigenvalue weighted by molar-refractivity contribution is 9.10. The van der Waals surface area contributed by atoms with Crippen molar-refractivity contribution in [3.8, 4) is 17.6 Å². The Labute approximate surface area is 119 Å². The summed E-state index contributed by atoms with van der Waals surface area (Å²) in [6.07, 6.45) is 0.704. The fraction of sp³-hybridized carbons (Fsp3) is 0.0667. The molecule has 0 heterocycles. The fourth-order valence-corrected chi connectivity index (χ4v) is 2.12. The summed E-state index contributed by atoms with van der Waals surface area (Å²) in [4.78, 5) is 10.7. The molecule has 0 saturated heterocycles. The molecule has 0 N–H and O–H groups in total. The number of nitrogens with zero attached hydrogens (tertiary/aromatic N) is 1. The van der Waals surface area contributed by atoms with E-state index < -0.39 is 0 Å². The highest BCUT2D eigenvalue weighted by atomic mass is 79.9. The van der Waals surface area contributed by atoms with E-state index in [2.05, 4.69) is 15.9 Å². The van der Waals surface area contributed by atoms with Crippen LogP contribution in [0.2, 0.25) is 0 Å². The van der Waals surface area contributed by atoms with E-state index in [9.17, 15) is 4.79 Å². The van der Waals surface area contributed by atoms with Crippen LogP contribution in [0.25, 0.3) is 0 Å². The second kappa shape index (κ2) is 5.68. The van der Waals surface area contributed by atoms with Gasteiger partial charge in [0.15, 0.2) is 0 Å². The van der Waals surface area contributed by atoms with Gasteiger partial charge in [-0.25, -0.2) is 0 Å². The Bertz CT molecular complexity index is 674. The lowest BCUT2D eigenvalue weighted by Gasteiger charge is -2.10. The zero-order valence-corrected chi connectivity index (χ0v) is 11.8. The van der Waals surface area contributed by atoms with Crippen molar-refractivity contribution in [1.29, 1.82) is 5.26 Å². The van der Waals surface area contributed by atoms with Crippen LogP contribution in [0.3, 0.4) is 0 Å². The number of hydrogen-bond acceptors (Lipinski definition) is 3. The van der Waals surface area contributed by atoms with Gasteiger partial charge in [0.05, 0.1) is 5.56 Å². The summed E-state index contributed by atoms with van der Waals surface area (Å²) >= 11 is 3.38. The third-order valence-electron chi connectivity index (χ3n) is 2.62. The van der Waals surface area contributed by atoms with Crippen LogP contribution in [0.4, 0.5) is 0 Å². The Morgan fingerprint density at radius 2 is 1.95 bits per heavy atom. The first kappa shape index (κ1) is 13.3. The number of halogens is 1. The molecule has 2 aromatic carbocycles. The second-order valence-corrected chi connectivity index (χ2v) is 4.91. The molecular formula is C15H10BrNO2. The van der Waals surface area contributed by atoms with Crippen LogP contribution < -0.4 is 4.74 Å². The monoisotopic (exact) mass is 315 g/mol. The third kappa shape index (κ3) is 3.01. The summed E-state index contributed by atoms with van der Waals surface area (Å²) in [5.41, 5.74) is 1.75. The summed E-state index contributed by atoms with van der Waals surface area (Å²) in [5.74, 6) is 1.12. The van der Waals surface area contributed by atoms with Gasteiger partial charge in [-0.1, -0.05) is 15.9 Å². The molecule has 3 nitrogen and oxygen atoms in total. The van der Waals surface area contributed by atoms with E-state index in [1.807, 2.05) is 31.2 Å². The number of hydrogen-bond donors (Lipinski definition) is 0. The first-order valence-corrected chi connectivity index (χ1v) is 6.36. The molecule has 2 rings (SSSR count). The number of nitriles is 1. The van der Waals surface area contributed by atoms with Crippen molar-refractivity contribution in [1.82, 2.24) is 0 Å². The van der Waals surface area contributed by atoms with Gasteiger partial charge >= 0.3 is 0 Å². The number of aryl methyl sites for hydroxylation is 1. The van der Waals surface area contributed by atoms with E-state index in [0.717, 1.165) is 10.0 Å². The average molecular weight is 316 g/mol. The number of ether oxygens (including phenoxy) is 1. The minimum absolute atomic E-state index is 0.340. The van der Waals surface area contributed by atoms with Crippen molar-refractivity contribution in [2.24, 2.45) is 0 Å². The predicted molar refractivity (Wildman–Crippen MR) is 75.5 cm³/mol. The van der Waals surface area contributed by atoms with Crippen LogP contribution in [0.5, 0.6) is 11.5 Å². The van der Waals surface area contributed by atoms with Gasteiger partial charge in [0.1, 0.15) is 23.9 Å². The Morgan fingerprint density at radius 1 is 1.21 bits per heavy atom. The van der Waals surface area contributed by atoms with Crippen molar-refractivity contribution >= 4 is 22.2 Å². The number of rotatable bonds is 3. The van der Waals surface area contributed by atoms with Crippen molar-refractivity contribution < 1.29 is 9.53 Å². The van der Waals surface area contributed by atoms with E-state index in [-0.39, 0.29) is 0 Å². The second-order valence-electron chi connectivity index (χ2n) is 4.00. The highest BCUT2D eigenvalue weighted by Crippen LogP contribution is 2.29. The number of aldehydes is 1. The molecule has 94 valence electrons. The number of carbonyl (C=O) groups is 1. The molecule has 0 aliphatic carbocycles. The quantitative estimate of drug-likeness (QED) is 0.796. The van der Waals surface area contributed by atoms with Crippen molar-refractivity contribution in [2.75, 3.05) is 0 Å². The van der Waals surface area contributed by atoms with Gasteiger partial charge < -0.3 is 4.74 Å². The van der Waals surface area contributed by atoms with E-state index in [0.29, 0.717) is 28.9 Å². The van der Waals surface area contributed by atoms with E-state index in [1.165, 1.54) is 6.07 Å². The molecule has 0 aliphatic heterocycles. The fourth-order valence-electron chi connectivity index (χ4n) is 1.64. The summed E-state index contributed by atoms with van der Waals surface area (Å²) in [6, 6.07) is 12.4. The van der Waals surface area contributed by atoms with Gasteiger partial charge in [-0.05, 0) is 48.9 Å². The van der Waals surface area contributed by atoms with E-state index in [4.69, 9.17) is 10.00 Å². The van der Waals surface area contributed by atoms with Crippen LogP contribution in [0.1, 0.15) is 21.5 Å². The largest absolute Gasteiger partial charge is 0.456 e. The Balaban J connectivity index is 2.38. The molecule has 2 aromatic rings. The molecule has 0 saturated carbocycles. The molecule has 0 bridgehead atoms. The smallest absolute Gasteiger partial charge is 0.150 e. The molecule has 0 aliphatic rings. The standard InChI is InChI=1S/C15H10BrNO2/c1-10-6-13(16)3-5-14(10)19-15-4-2-11(9-18)7-12(15)8-17/h2-7,9H,1H3. The number of carbonyl (C=O) groups excluding carboxylic acids is 1. The third-order valence-corrected chi connectivity index (χ3v) is 3.11. The molecule has 0 amide bonds. The van der Waals surface area contributed by atoms with Gasteiger partial charge in [-0.2, -0.15) is 5.26 Å². The van der Waals surface area contributed by atoms with Crippen LogP contribution in [0.15, 0.2) is 40.9 Å². The average Bonchev–Trinajstić information content (AvgIpc) is 2.42. The summed E-state index contributed by atoms with van der Waals surface area (Å²) in [7, 11) is 0. The Kier molecular flexibility index (Phi) is 3.98. The van der Waals surface area contributed by atoms with Gasteiger partial charge in [-0.3, -0.25) is 4.79 Å². The zero-order chi connectivity index (χ0) is 13.8. The van der Waals surface area contributed by atoms with Crippen LogP contribution in [-0.4, -0.2) is 6.29 Å². The summed E-state index contributed by atoms with van der Waals surface area (Å²) in [6.45, 7) is 1.92. The van der Waals surface area contributed by atoms with Crippen LogP contribution in [0, 0.1) is 18.3 Å². The summed E-state index contributed by atoms with van der Waals surface area (Å²) < 4.78 is 6.69. The topological polar surface area (TPSA) is 50.1 Å². The predicted octanol–water partition coefficient (Wildman–Crippen LogP) is 4.23. The normalized spacial score (nSPS) is 9.74. The molecule has 4 heteroatoms. The van der Waals surface area contributed by atoms with Crippen molar-refractivity contribution in [3.63, 3.8) is 0 Å². The van der Waals surface area contributed by atoms with Gasteiger partial charge in [0.25, 0.3) is 0 Å². The first-order chi connectivity index (χ1) is 9.13. The maximum absolute atomic E-state index is 10.7. The Hall–Kier alpha value is -2.12. The van der Waals surface area contributed by atoms with Gasteiger partial charge in [0.2, 0.25) is 0 Å². The molecule has 0 atom stereocenters. The molecule has 0 aromatic heterocycles. The maximum Gasteiger partial charge on any atom is 0.150 e. The minimum Gasteiger partial charge on any atom is -0.456 e. The number of benzene rings is 2.